The fourth-order valence-electron chi connectivity index (χ4n) is 3.59. The van der Waals surface area contributed by atoms with Crippen LogP contribution in [0.2, 0.25) is 5.15 Å². The number of rotatable bonds is 9. The van der Waals surface area contributed by atoms with E-state index in [0.29, 0.717) is 53.6 Å². The Morgan fingerprint density at radius 1 is 1.27 bits per heavy atom. The van der Waals surface area contributed by atoms with Gasteiger partial charge in [-0.1, -0.05) is 42.8 Å². The largest absolute Gasteiger partial charge is 0.497 e. The van der Waals surface area contributed by atoms with E-state index in [4.69, 9.17) is 16.3 Å². The SMILES string of the molecule is CCCCNC(=O)CSc1nc(Cl)cc(N2CCN(C(=O)c3cccc(OC)c3)C(C)C2)n1. The van der Waals surface area contributed by atoms with Crippen LogP contribution in [0.15, 0.2) is 35.5 Å². The van der Waals surface area contributed by atoms with Crippen LogP contribution in [0.25, 0.3) is 0 Å². The highest BCUT2D eigenvalue weighted by Gasteiger charge is 2.29. The van der Waals surface area contributed by atoms with E-state index in [9.17, 15) is 9.59 Å². The molecule has 1 unspecified atom stereocenters. The summed E-state index contributed by atoms with van der Waals surface area (Å²) >= 11 is 7.51. The topological polar surface area (TPSA) is 87.7 Å². The van der Waals surface area contributed by atoms with Gasteiger partial charge < -0.3 is 19.9 Å². The normalized spacial score (nSPS) is 15.9. The number of carbonyl (C=O) groups excluding carboxylic acids is 2. The summed E-state index contributed by atoms with van der Waals surface area (Å²) in [6.07, 6.45) is 1.99. The molecular weight excluding hydrogens is 462 g/mol. The van der Waals surface area contributed by atoms with Crippen molar-refractivity contribution in [3.05, 3.63) is 41.0 Å². The molecule has 0 bridgehead atoms. The second kappa shape index (κ2) is 12.1. The van der Waals surface area contributed by atoms with Gasteiger partial charge in [-0.15, -0.1) is 0 Å². The summed E-state index contributed by atoms with van der Waals surface area (Å²) in [5.74, 6) is 1.53. The number of nitrogens with zero attached hydrogens (tertiary/aromatic N) is 4. The minimum absolute atomic E-state index is 0.0212. The number of carbonyl (C=O) groups is 2. The Balaban J connectivity index is 1.62. The number of aromatic nitrogens is 2. The van der Waals surface area contributed by atoms with Crippen LogP contribution in [0.3, 0.4) is 0 Å². The Kier molecular flexibility index (Phi) is 9.20. The molecule has 3 rings (SSSR count). The number of benzene rings is 1. The molecule has 1 aromatic carbocycles. The van der Waals surface area contributed by atoms with E-state index < -0.39 is 0 Å². The van der Waals surface area contributed by atoms with Crippen molar-refractivity contribution in [2.24, 2.45) is 0 Å². The molecule has 1 N–H and O–H groups in total. The molecule has 2 heterocycles. The molecule has 0 aliphatic carbocycles. The highest BCUT2D eigenvalue weighted by atomic mass is 35.5. The summed E-state index contributed by atoms with van der Waals surface area (Å²) in [7, 11) is 1.59. The van der Waals surface area contributed by atoms with Gasteiger partial charge in [-0.25, -0.2) is 9.97 Å². The van der Waals surface area contributed by atoms with E-state index >= 15 is 0 Å². The highest BCUT2D eigenvalue weighted by molar-refractivity contribution is 7.99. The van der Waals surface area contributed by atoms with Crippen molar-refractivity contribution < 1.29 is 14.3 Å². The third-order valence-corrected chi connectivity index (χ3v) is 6.42. The van der Waals surface area contributed by atoms with Crippen molar-refractivity contribution in [2.45, 2.75) is 37.9 Å². The molecule has 1 saturated heterocycles. The Bertz CT molecular complexity index is 977. The lowest BCUT2D eigenvalue weighted by Crippen LogP contribution is -2.54. The van der Waals surface area contributed by atoms with Crippen molar-refractivity contribution in [3.63, 3.8) is 0 Å². The molecule has 178 valence electrons. The van der Waals surface area contributed by atoms with Crippen molar-refractivity contribution in [1.82, 2.24) is 20.2 Å². The first-order valence-electron chi connectivity index (χ1n) is 11.0. The predicted molar refractivity (Wildman–Crippen MR) is 131 cm³/mol. The van der Waals surface area contributed by atoms with Crippen LogP contribution in [0.1, 0.15) is 37.0 Å². The Hall–Kier alpha value is -2.52. The van der Waals surface area contributed by atoms with Gasteiger partial charge in [0.2, 0.25) is 5.91 Å². The number of ether oxygens (including phenoxy) is 1. The lowest BCUT2D eigenvalue weighted by molar-refractivity contribution is -0.118. The number of hydrogen-bond acceptors (Lipinski definition) is 7. The molecule has 33 heavy (non-hydrogen) atoms. The Labute approximate surface area is 204 Å². The van der Waals surface area contributed by atoms with Crippen LogP contribution in [0.5, 0.6) is 5.75 Å². The van der Waals surface area contributed by atoms with Crippen LogP contribution in [-0.2, 0) is 4.79 Å². The second-order valence-electron chi connectivity index (χ2n) is 7.85. The molecule has 0 spiro atoms. The molecule has 2 amide bonds. The van der Waals surface area contributed by atoms with E-state index in [-0.39, 0.29) is 23.6 Å². The van der Waals surface area contributed by atoms with Crippen LogP contribution in [0, 0.1) is 0 Å². The zero-order valence-corrected chi connectivity index (χ0v) is 20.8. The van der Waals surface area contributed by atoms with Crippen molar-refractivity contribution >= 4 is 41.0 Å². The standard InChI is InChI=1S/C23H30ClN5O3S/c1-4-5-9-25-21(30)15-33-23-26-19(24)13-20(27-23)28-10-11-29(16(2)14-28)22(31)17-7-6-8-18(12-17)32-3/h6-8,12-13,16H,4-5,9-11,14-15H2,1-3H3,(H,25,30). The maximum Gasteiger partial charge on any atom is 0.254 e. The molecule has 8 nitrogen and oxygen atoms in total. The molecule has 2 aromatic rings. The smallest absolute Gasteiger partial charge is 0.254 e. The van der Waals surface area contributed by atoms with Crippen molar-refractivity contribution in [2.75, 3.05) is 43.9 Å². The average molecular weight is 492 g/mol. The second-order valence-corrected chi connectivity index (χ2v) is 9.18. The van der Waals surface area contributed by atoms with Gasteiger partial charge in [0.05, 0.1) is 12.9 Å². The number of piperazine rings is 1. The Morgan fingerprint density at radius 2 is 2.09 bits per heavy atom. The number of thioether (sulfide) groups is 1. The zero-order valence-electron chi connectivity index (χ0n) is 19.2. The minimum atomic E-state index is -0.0446. The molecule has 0 radical (unpaired) electrons. The van der Waals surface area contributed by atoms with Gasteiger partial charge in [0, 0.05) is 43.9 Å². The number of methoxy groups -OCH3 is 1. The van der Waals surface area contributed by atoms with Gasteiger partial charge in [-0.3, -0.25) is 9.59 Å². The fourth-order valence-corrected chi connectivity index (χ4v) is 4.50. The first-order chi connectivity index (χ1) is 15.9. The maximum absolute atomic E-state index is 13.0. The number of amides is 2. The predicted octanol–water partition coefficient (Wildman–Crippen LogP) is 3.50. The van der Waals surface area contributed by atoms with Gasteiger partial charge in [-0.2, -0.15) is 0 Å². The summed E-state index contributed by atoms with van der Waals surface area (Å²) < 4.78 is 5.24. The quantitative estimate of drug-likeness (QED) is 0.248. The van der Waals surface area contributed by atoms with E-state index in [1.54, 1.807) is 25.3 Å². The lowest BCUT2D eigenvalue weighted by atomic mass is 10.1. The zero-order chi connectivity index (χ0) is 23.8. The Morgan fingerprint density at radius 3 is 2.82 bits per heavy atom. The van der Waals surface area contributed by atoms with Crippen molar-refractivity contribution in [3.8, 4) is 5.75 Å². The van der Waals surface area contributed by atoms with Crippen LogP contribution >= 0.6 is 23.4 Å². The number of anilines is 1. The van der Waals surface area contributed by atoms with Crippen LogP contribution < -0.4 is 15.0 Å². The van der Waals surface area contributed by atoms with E-state index in [2.05, 4.69) is 27.1 Å². The third kappa shape index (κ3) is 6.98. The van der Waals surface area contributed by atoms with Gasteiger partial charge in [0.1, 0.15) is 16.7 Å². The lowest BCUT2D eigenvalue weighted by Gasteiger charge is -2.40. The van der Waals surface area contributed by atoms with Gasteiger partial charge in [0.15, 0.2) is 5.16 Å². The minimum Gasteiger partial charge on any atom is -0.497 e. The van der Waals surface area contributed by atoms with E-state index in [1.165, 1.54) is 11.8 Å². The number of halogens is 1. The first kappa shape index (κ1) is 25.1. The number of hydrogen-bond donors (Lipinski definition) is 1. The van der Waals surface area contributed by atoms with Crippen LogP contribution in [-0.4, -0.2) is 71.8 Å². The van der Waals surface area contributed by atoms with Gasteiger partial charge in [-0.05, 0) is 31.5 Å². The molecule has 0 saturated carbocycles. The molecule has 1 fully saturated rings. The van der Waals surface area contributed by atoms with Gasteiger partial charge in [0.25, 0.3) is 5.91 Å². The van der Waals surface area contributed by atoms with E-state index in [0.717, 1.165) is 12.8 Å². The summed E-state index contributed by atoms with van der Waals surface area (Å²) in [5, 5.41) is 3.68. The molecule has 1 atom stereocenters. The van der Waals surface area contributed by atoms with Crippen molar-refractivity contribution in [1.29, 1.82) is 0 Å². The fraction of sp³-hybridized carbons (Fsp3) is 0.478. The average Bonchev–Trinajstić information content (AvgIpc) is 2.82. The number of unbranched alkanes of at least 4 members (excludes halogenated alkanes) is 1. The monoisotopic (exact) mass is 491 g/mol. The molecule has 1 aromatic heterocycles. The summed E-state index contributed by atoms with van der Waals surface area (Å²) in [6.45, 7) is 6.57. The molecular formula is C23H30ClN5O3S. The molecule has 1 aliphatic rings. The number of nitrogens with one attached hydrogen (secondary N) is 1. The van der Waals surface area contributed by atoms with E-state index in [1.807, 2.05) is 24.0 Å². The summed E-state index contributed by atoms with van der Waals surface area (Å²) in [4.78, 5) is 37.8. The summed E-state index contributed by atoms with van der Waals surface area (Å²) in [6, 6.07) is 8.90. The highest BCUT2D eigenvalue weighted by Crippen LogP contribution is 2.25. The van der Waals surface area contributed by atoms with Crippen LogP contribution in [0.4, 0.5) is 5.82 Å². The molecule has 1 aliphatic heterocycles. The summed E-state index contributed by atoms with van der Waals surface area (Å²) in [5.41, 5.74) is 0.607. The molecule has 10 heteroatoms. The van der Waals surface area contributed by atoms with Gasteiger partial charge >= 0.3 is 0 Å². The maximum atomic E-state index is 13.0. The first-order valence-corrected chi connectivity index (χ1v) is 12.4. The third-order valence-electron chi connectivity index (χ3n) is 5.37.